The number of ether oxygens (including phenoxy) is 1. The summed E-state index contributed by atoms with van der Waals surface area (Å²) >= 11 is 0. The Hall–Kier alpha value is -2.67. The van der Waals surface area contributed by atoms with Crippen LogP contribution < -0.4 is 11.2 Å². The molecule has 0 unspecified atom stereocenters. The van der Waals surface area contributed by atoms with Gasteiger partial charge in [-0.2, -0.15) is 0 Å². The van der Waals surface area contributed by atoms with E-state index in [1.54, 1.807) is 13.4 Å². The third-order valence-electron chi connectivity index (χ3n) is 4.80. The Bertz CT molecular complexity index is 1070. The van der Waals surface area contributed by atoms with Gasteiger partial charge in [-0.25, -0.2) is 14.3 Å². The predicted octanol–water partition coefficient (Wildman–Crippen LogP) is 2.77. The Kier molecular flexibility index (Phi) is 5.84. The molecule has 0 aliphatic carbocycles. The SMILES string of the molecule is COCCn1c(=O)c2c(ncn2CC(C)C)n(-c2ccc(C(C)C)cc2)c1=O. The van der Waals surface area contributed by atoms with E-state index < -0.39 is 5.69 Å². The molecule has 150 valence electrons. The molecule has 0 fully saturated rings. The van der Waals surface area contributed by atoms with E-state index in [4.69, 9.17) is 4.74 Å². The zero-order valence-corrected chi connectivity index (χ0v) is 17.2. The molecule has 0 atom stereocenters. The van der Waals surface area contributed by atoms with Crippen molar-refractivity contribution < 1.29 is 4.74 Å². The largest absolute Gasteiger partial charge is 0.383 e. The van der Waals surface area contributed by atoms with Crippen LogP contribution in [0, 0.1) is 5.92 Å². The lowest BCUT2D eigenvalue weighted by molar-refractivity contribution is 0.184. The van der Waals surface area contributed by atoms with Gasteiger partial charge in [-0.1, -0.05) is 39.8 Å². The normalized spacial score (nSPS) is 11.8. The van der Waals surface area contributed by atoms with E-state index in [1.165, 1.54) is 14.7 Å². The van der Waals surface area contributed by atoms with Gasteiger partial charge in [0.15, 0.2) is 11.2 Å². The van der Waals surface area contributed by atoms with Crippen molar-refractivity contribution >= 4 is 11.2 Å². The number of fused-ring (bicyclic) bond motifs is 1. The van der Waals surface area contributed by atoms with E-state index in [0.29, 0.717) is 35.2 Å². The summed E-state index contributed by atoms with van der Waals surface area (Å²) in [6, 6.07) is 7.83. The molecule has 0 saturated heterocycles. The van der Waals surface area contributed by atoms with Crippen LogP contribution in [0.4, 0.5) is 0 Å². The zero-order valence-electron chi connectivity index (χ0n) is 17.2. The first-order valence-corrected chi connectivity index (χ1v) is 9.65. The highest BCUT2D eigenvalue weighted by atomic mass is 16.5. The molecule has 3 rings (SSSR count). The lowest BCUT2D eigenvalue weighted by Crippen LogP contribution is -2.41. The second kappa shape index (κ2) is 8.14. The van der Waals surface area contributed by atoms with Crippen LogP contribution >= 0.6 is 0 Å². The average molecular weight is 384 g/mol. The number of benzene rings is 1. The second-order valence-electron chi connectivity index (χ2n) is 7.78. The summed E-state index contributed by atoms with van der Waals surface area (Å²) in [4.78, 5) is 30.7. The molecule has 3 aromatic rings. The average Bonchev–Trinajstić information content (AvgIpc) is 3.05. The molecule has 0 bridgehead atoms. The number of hydrogen-bond acceptors (Lipinski definition) is 4. The van der Waals surface area contributed by atoms with Crippen molar-refractivity contribution in [1.82, 2.24) is 18.7 Å². The maximum Gasteiger partial charge on any atom is 0.337 e. The highest BCUT2D eigenvalue weighted by Crippen LogP contribution is 2.18. The van der Waals surface area contributed by atoms with Crippen LogP contribution in [0.2, 0.25) is 0 Å². The maximum atomic E-state index is 13.2. The molecule has 0 aliphatic rings. The van der Waals surface area contributed by atoms with Crippen LogP contribution in [-0.4, -0.2) is 32.4 Å². The van der Waals surface area contributed by atoms with Gasteiger partial charge in [0.25, 0.3) is 5.56 Å². The molecule has 0 N–H and O–H groups in total. The minimum absolute atomic E-state index is 0.195. The molecule has 7 nitrogen and oxygen atoms in total. The molecule has 0 radical (unpaired) electrons. The van der Waals surface area contributed by atoms with Gasteiger partial charge >= 0.3 is 5.69 Å². The lowest BCUT2D eigenvalue weighted by atomic mass is 10.0. The van der Waals surface area contributed by atoms with Crippen LogP contribution in [0.5, 0.6) is 0 Å². The van der Waals surface area contributed by atoms with E-state index in [0.717, 1.165) is 0 Å². The number of hydrogen-bond donors (Lipinski definition) is 0. The number of rotatable bonds is 7. The summed E-state index contributed by atoms with van der Waals surface area (Å²) in [5.41, 5.74) is 1.98. The zero-order chi connectivity index (χ0) is 20.4. The molecule has 0 aliphatic heterocycles. The van der Waals surface area contributed by atoms with E-state index in [9.17, 15) is 9.59 Å². The fourth-order valence-electron chi connectivity index (χ4n) is 3.33. The lowest BCUT2D eigenvalue weighted by Gasteiger charge is -2.14. The number of aromatic nitrogens is 4. The second-order valence-corrected chi connectivity index (χ2v) is 7.78. The summed E-state index contributed by atoms with van der Waals surface area (Å²) in [7, 11) is 1.55. The number of imidazole rings is 1. The molecule has 2 aromatic heterocycles. The third-order valence-corrected chi connectivity index (χ3v) is 4.80. The van der Waals surface area contributed by atoms with E-state index in [1.807, 2.05) is 28.8 Å². The van der Waals surface area contributed by atoms with Crippen molar-refractivity contribution in [1.29, 1.82) is 0 Å². The highest BCUT2D eigenvalue weighted by Gasteiger charge is 2.19. The number of nitrogens with zero attached hydrogens (tertiary/aromatic N) is 4. The molecular formula is C21H28N4O3. The van der Waals surface area contributed by atoms with Gasteiger partial charge in [0, 0.05) is 13.7 Å². The van der Waals surface area contributed by atoms with Crippen LogP contribution in [0.3, 0.4) is 0 Å². The molecule has 0 spiro atoms. The monoisotopic (exact) mass is 384 g/mol. The Morgan fingerprint density at radius 1 is 1.07 bits per heavy atom. The summed E-state index contributed by atoms with van der Waals surface area (Å²) in [6.45, 7) is 9.54. The van der Waals surface area contributed by atoms with Crippen molar-refractivity contribution in [2.24, 2.45) is 5.92 Å². The van der Waals surface area contributed by atoms with Crippen molar-refractivity contribution in [3.63, 3.8) is 0 Å². The molecular weight excluding hydrogens is 356 g/mol. The van der Waals surface area contributed by atoms with Gasteiger partial charge in [-0.3, -0.25) is 9.36 Å². The highest BCUT2D eigenvalue weighted by molar-refractivity contribution is 5.72. The van der Waals surface area contributed by atoms with Gasteiger partial charge in [0.2, 0.25) is 0 Å². The summed E-state index contributed by atoms with van der Waals surface area (Å²) in [5, 5.41) is 0. The first-order chi connectivity index (χ1) is 13.3. The van der Waals surface area contributed by atoms with Gasteiger partial charge in [-0.15, -0.1) is 0 Å². The summed E-state index contributed by atoms with van der Waals surface area (Å²) in [5.74, 6) is 0.738. The van der Waals surface area contributed by atoms with Crippen molar-refractivity contribution in [2.45, 2.75) is 46.7 Å². The quantitative estimate of drug-likeness (QED) is 0.628. The molecule has 28 heavy (non-hydrogen) atoms. The van der Waals surface area contributed by atoms with Crippen LogP contribution in [0.1, 0.15) is 39.2 Å². The first-order valence-electron chi connectivity index (χ1n) is 9.65. The Labute approximate surface area is 164 Å². The maximum absolute atomic E-state index is 13.2. The first kappa shape index (κ1) is 20.1. The van der Waals surface area contributed by atoms with Crippen LogP contribution in [0.15, 0.2) is 40.2 Å². The van der Waals surface area contributed by atoms with Crippen molar-refractivity contribution in [3.8, 4) is 5.69 Å². The van der Waals surface area contributed by atoms with Gasteiger partial charge in [-0.05, 0) is 29.5 Å². The van der Waals surface area contributed by atoms with Crippen LogP contribution in [-0.2, 0) is 17.8 Å². The smallest absolute Gasteiger partial charge is 0.337 e. The number of methoxy groups -OCH3 is 1. The summed E-state index contributed by atoms with van der Waals surface area (Å²) in [6.07, 6.45) is 1.64. The van der Waals surface area contributed by atoms with Crippen molar-refractivity contribution in [3.05, 3.63) is 57.0 Å². The topological polar surface area (TPSA) is 71.1 Å². The molecule has 0 saturated carbocycles. The Balaban J connectivity index is 2.30. The van der Waals surface area contributed by atoms with E-state index in [-0.39, 0.29) is 18.7 Å². The minimum atomic E-state index is -0.401. The van der Waals surface area contributed by atoms with Crippen LogP contribution in [0.25, 0.3) is 16.9 Å². The van der Waals surface area contributed by atoms with E-state index in [2.05, 4.69) is 32.7 Å². The molecule has 2 heterocycles. The predicted molar refractivity (Wildman–Crippen MR) is 110 cm³/mol. The summed E-state index contributed by atoms with van der Waals surface area (Å²) < 4.78 is 9.70. The molecule has 7 heteroatoms. The Morgan fingerprint density at radius 3 is 2.32 bits per heavy atom. The fraction of sp³-hybridized carbons (Fsp3) is 0.476. The molecule has 1 aromatic carbocycles. The fourth-order valence-corrected chi connectivity index (χ4v) is 3.33. The standard InChI is InChI=1S/C21H28N4O3/c1-14(2)12-23-13-22-19-18(23)20(26)24(10-11-28-5)21(27)25(19)17-8-6-16(7-9-17)15(3)4/h6-9,13-15H,10-12H2,1-5H3. The Morgan fingerprint density at radius 2 is 1.75 bits per heavy atom. The van der Waals surface area contributed by atoms with Crippen molar-refractivity contribution in [2.75, 3.05) is 13.7 Å². The van der Waals surface area contributed by atoms with Gasteiger partial charge < -0.3 is 9.30 Å². The molecule has 0 amide bonds. The van der Waals surface area contributed by atoms with Gasteiger partial charge in [0.1, 0.15) is 0 Å². The van der Waals surface area contributed by atoms with E-state index >= 15 is 0 Å². The third kappa shape index (κ3) is 3.67. The minimum Gasteiger partial charge on any atom is -0.383 e. The van der Waals surface area contributed by atoms with Gasteiger partial charge in [0.05, 0.1) is 25.2 Å².